The maximum absolute atomic E-state index is 12.9. The van der Waals surface area contributed by atoms with Gasteiger partial charge in [-0.15, -0.1) is 0 Å². The molecule has 0 N–H and O–H groups in total. The lowest BCUT2D eigenvalue weighted by atomic mass is 9.98. The molecule has 2 rings (SSSR count). The van der Waals surface area contributed by atoms with Crippen LogP contribution in [0.5, 0.6) is 0 Å². The van der Waals surface area contributed by atoms with Crippen LogP contribution in [-0.4, -0.2) is 49.4 Å². The Kier molecular flexibility index (Phi) is 5.16. The molecule has 1 fully saturated rings. The standard InChI is InChI=1S/C17H26N2O3S/c1-12-8-9-13(2)15(11-12)16-7-6-10-19(16)23(21,22)14(3)17(20)18(4)5/h8-9,11,14,16H,6-7,10H2,1-5H3/t14-,16+/m1/s1. The molecule has 0 bridgehead atoms. The molecular weight excluding hydrogens is 312 g/mol. The molecule has 128 valence electrons. The fourth-order valence-electron chi connectivity index (χ4n) is 3.17. The first-order valence-corrected chi connectivity index (χ1v) is 9.45. The van der Waals surface area contributed by atoms with Gasteiger partial charge in [-0.3, -0.25) is 4.79 Å². The summed E-state index contributed by atoms with van der Waals surface area (Å²) in [6, 6.07) is 5.96. The summed E-state index contributed by atoms with van der Waals surface area (Å²) in [4.78, 5) is 13.5. The molecule has 2 atom stereocenters. The van der Waals surface area contributed by atoms with E-state index in [1.807, 2.05) is 26.0 Å². The Morgan fingerprint density at radius 1 is 1.30 bits per heavy atom. The Morgan fingerprint density at radius 2 is 1.96 bits per heavy atom. The fraction of sp³-hybridized carbons (Fsp3) is 0.588. The van der Waals surface area contributed by atoms with E-state index in [-0.39, 0.29) is 11.9 Å². The quantitative estimate of drug-likeness (QED) is 0.846. The van der Waals surface area contributed by atoms with E-state index in [9.17, 15) is 13.2 Å². The molecular formula is C17H26N2O3S. The number of rotatable bonds is 4. The van der Waals surface area contributed by atoms with Crippen LogP contribution in [0.15, 0.2) is 18.2 Å². The average molecular weight is 338 g/mol. The van der Waals surface area contributed by atoms with E-state index in [4.69, 9.17) is 0 Å². The Balaban J connectivity index is 2.38. The molecule has 1 saturated heterocycles. The number of hydrogen-bond donors (Lipinski definition) is 0. The minimum absolute atomic E-state index is 0.169. The maximum atomic E-state index is 12.9. The van der Waals surface area contributed by atoms with E-state index in [2.05, 4.69) is 6.07 Å². The van der Waals surface area contributed by atoms with Gasteiger partial charge in [-0.1, -0.05) is 23.8 Å². The first-order chi connectivity index (χ1) is 10.7. The van der Waals surface area contributed by atoms with E-state index < -0.39 is 15.3 Å². The van der Waals surface area contributed by atoms with Crippen molar-refractivity contribution in [3.05, 3.63) is 34.9 Å². The van der Waals surface area contributed by atoms with Crippen LogP contribution in [0, 0.1) is 13.8 Å². The van der Waals surface area contributed by atoms with Crippen LogP contribution < -0.4 is 0 Å². The first-order valence-electron chi connectivity index (χ1n) is 7.95. The van der Waals surface area contributed by atoms with Crippen molar-refractivity contribution in [2.24, 2.45) is 0 Å². The molecule has 0 saturated carbocycles. The summed E-state index contributed by atoms with van der Waals surface area (Å²) in [5.41, 5.74) is 3.26. The van der Waals surface area contributed by atoms with Gasteiger partial charge < -0.3 is 4.90 Å². The highest BCUT2D eigenvalue weighted by molar-refractivity contribution is 7.90. The molecule has 6 heteroatoms. The zero-order chi connectivity index (χ0) is 17.4. The number of sulfonamides is 1. The lowest BCUT2D eigenvalue weighted by molar-refractivity contribution is -0.128. The number of carbonyl (C=O) groups is 1. The van der Waals surface area contributed by atoms with Gasteiger partial charge in [-0.25, -0.2) is 8.42 Å². The van der Waals surface area contributed by atoms with Crippen LogP contribution in [-0.2, 0) is 14.8 Å². The first kappa shape index (κ1) is 17.9. The smallest absolute Gasteiger partial charge is 0.241 e. The predicted molar refractivity (Wildman–Crippen MR) is 91.7 cm³/mol. The predicted octanol–water partition coefficient (Wildman–Crippen LogP) is 2.25. The summed E-state index contributed by atoms with van der Waals surface area (Å²) < 4.78 is 27.4. The molecule has 0 radical (unpaired) electrons. The van der Waals surface area contributed by atoms with Crippen molar-refractivity contribution < 1.29 is 13.2 Å². The average Bonchev–Trinajstić information content (AvgIpc) is 2.98. The Bertz CT molecular complexity index is 698. The van der Waals surface area contributed by atoms with Gasteiger partial charge in [0, 0.05) is 20.6 Å². The van der Waals surface area contributed by atoms with E-state index in [1.54, 1.807) is 14.1 Å². The maximum Gasteiger partial charge on any atom is 0.241 e. The molecule has 1 aromatic carbocycles. The van der Waals surface area contributed by atoms with E-state index in [1.165, 1.54) is 16.1 Å². The fourth-order valence-corrected chi connectivity index (χ4v) is 5.00. The third-order valence-corrected chi connectivity index (χ3v) is 6.75. The van der Waals surface area contributed by atoms with Crippen LogP contribution in [0.25, 0.3) is 0 Å². The zero-order valence-corrected chi connectivity index (χ0v) is 15.4. The van der Waals surface area contributed by atoms with Crippen molar-refractivity contribution in [2.45, 2.75) is 44.9 Å². The van der Waals surface area contributed by atoms with Gasteiger partial charge in [-0.2, -0.15) is 4.31 Å². The van der Waals surface area contributed by atoms with E-state index in [0.717, 1.165) is 29.5 Å². The van der Waals surface area contributed by atoms with Gasteiger partial charge in [0.05, 0.1) is 6.04 Å². The molecule has 0 spiro atoms. The Morgan fingerprint density at radius 3 is 2.57 bits per heavy atom. The van der Waals surface area contributed by atoms with Crippen LogP contribution in [0.4, 0.5) is 0 Å². The van der Waals surface area contributed by atoms with Crippen molar-refractivity contribution in [3.63, 3.8) is 0 Å². The molecule has 1 amide bonds. The number of nitrogens with zero attached hydrogens (tertiary/aromatic N) is 2. The zero-order valence-electron chi connectivity index (χ0n) is 14.5. The van der Waals surface area contributed by atoms with Gasteiger partial charge in [-0.05, 0) is 44.7 Å². The molecule has 1 aliphatic rings. The molecule has 5 nitrogen and oxygen atoms in total. The second-order valence-corrected chi connectivity index (χ2v) is 8.75. The van der Waals surface area contributed by atoms with Crippen molar-refractivity contribution in [1.82, 2.24) is 9.21 Å². The lowest BCUT2D eigenvalue weighted by Crippen LogP contribution is -2.45. The van der Waals surface area contributed by atoms with Crippen LogP contribution in [0.3, 0.4) is 0 Å². The van der Waals surface area contributed by atoms with Gasteiger partial charge in [0.15, 0.2) is 5.25 Å². The van der Waals surface area contributed by atoms with Crippen LogP contribution in [0.1, 0.15) is 42.5 Å². The van der Waals surface area contributed by atoms with Gasteiger partial charge >= 0.3 is 0 Å². The second kappa shape index (κ2) is 6.61. The third-order valence-electron chi connectivity index (χ3n) is 4.56. The second-order valence-electron chi connectivity index (χ2n) is 6.55. The summed E-state index contributed by atoms with van der Waals surface area (Å²) in [5, 5.41) is -1.05. The number of amides is 1. The van der Waals surface area contributed by atoms with Gasteiger partial charge in [0.2, 0.25) is 15.9 Å². The molecule has 23 heavy (non-hydrogen) atoms. The van der Waals surface area contributed by atoms with Crippen molar-refractivity contribution in [3.8, 4) is 0 Å². The number of aryl methyl sites for hydroxylation is 2. The monoisotopic (exact) mass is 338 g/mol. The molecule has 0 aromatic heterocycles. The Hall–Kier alpha value is -1.40. The van der Waals surface area contributed by atoms with Crippen molar-refractivity contribution >= 4 is 15.9 Å². The Labute approximate surface area is 139 Å². The third kappa shape index (κ3) is 3.43. The van der Waals surface area contributed by atoms with Gasteiger partial charge in [0.25, 0.3) is 0 Å². The van der Waals surface area contributed by atoms with Crippen LogP contribution >= 0.6 is 0 Å². The molecule has 1 aliphatic heterocycles. The van der Waals surface area contributed by atoms with Crippen LogP contribution in [0.2, 0.25) is 0 Å². The normalized spacial score (nSPS) is 20.5. The van der Waals surface area contributed by atoms with Crippen molar-refractivity contribution in [2.75, 3.05) is 20.6 Å². The largest absolute Gasteiger partial charge is 0.348 e. The SMILES string of the molecule is Cc1ccc(C)c([C@@H]2CCCN2S(=O)(=O)[C@H](C)C(=O)N(C)C)c1. The summed E-state index contributed by atoms with van der Waals surface area (Å²) in [6.07, 6.45) is 1.62. The highest BCUT2D eigenvalue weighted by Gasteiger charge is 2.41. The number of benzene rings is 1. The number of hydrogen-bond acceptors (Lipinski definition) is 3. The molecule has 1 aromatic rings. The van der Waals surface area contributed by atoms with Crippen molar-refractivity contribution in [1.29, 1.82) is 0 Å². The lowest BCUT2D eigenvalue weighted by Gasteiger charge is -2.29. The minimum atomic E-state index is -3.67. The number of carbonyl (C=O) groups excluding carboxylic acids is 1. The summed E-state index contributed by atoms with van der Waals surface area (Å²) in [5.74, 6) is -0.378. The van der Waals surface area contributed by atoms with E-state index in [0.29, 0.717) is 6.54 Å². The molecule has 0 aliphatic carbocycles. The highest BCUT2D eigenvalue weighted by Crippen LogP contribution is 2.37. The topological polar surface area (TPSA) is 57.7 Å². The van der Waals surface area contributed by atoms with E-state index >= 15 is 0 Å². The van der Waals surface area contributed by atoms with Gasteiger partial charge in [0.1, 0.15) is 0 Å². The molecule has 1 heterocycles. The summed E-state index contributed by atoms with van der Waals surface area (Å²) >= 11 is 0. The summed E-state index contributed by atoms with van der Waals surface area (Å²) in [7, 11) is -0.500. The summed E-state index contributed by atoms with van der Waals surface area (Å²) in [6.45, 7) is 5.97. The minimum Gasteiger partial charge on any atom is -0.348 e. The molecule has 0 unspecified atom stereocenters. The highest BCUT2D eigenvalue weighted by atomic mass is 32.2.